The fraction of sp³-hybridized carbons (Fsp3) is 0.214. The number of benzene rings is 3. The summed E-state index contributed by atoms with van der Waals surface area (Å²) in [5, 5.41) is 42.1. The first-order chi connectivity index (χ1) is 17.8. The van der Waals surface area contributed by atoms with Crippen LogP contribution >= 0.6 is 0 Å². The van der Waals surface area contributed by atoms with Crippen LogP contribution in [0.15, 0.2) is 69.9 Å². The molecule has 0 bridgehead atoms. The molecule has 1 fully saturated rings. The lowest BCUT2D eigenvalue weighted by molar-refractivity contribution is -0.135. The normalized spacial score (nSPS) is 14.5. The van der Waals surface area contributed by atoms with E-state index in [9.17, 15) is 30.0 Å². The number of fused-ring (bicyclic) bond motifs is 1. The summed E-state index contributed by atoms with van der Waals surface area (Å²) >= 11 is 0. The third kappa shape index (κ3) is 4.56. The molecule has 9 nitrogen and oxygen atoms in total. The van der Waals surface area contributed by atoms with Crippen LogP contribution in [0.25, 0.3) is 22.3 Å². The van der Waals surface area contributed by atoms with Gasteiger partial charge in [-0.1, -0.05) is 42.5 Å². The van der Waals surface area contributed by atoms with Crippen LogP contribution in [0.3, 0.4) is 0 Å². The lowest BCUT2D eigenvalue weighted by atomic mass is 9.85. The molecule has 0 saturated carbocycles. The van der Waals surface area contributed by atoms with Crippen molar-refractivity contribution in [2.24, 2.45) is 0 Å². The number of morpholine rings is 1. The molecule has 0 radical (unpaired) electrons. The van der Waals surface area contributed by atoms with Crippen LogP contribution < -0.4 is 5.43 Å². The summed E-state index contributed by atoms with van der Waals surface area (Å²) in [5.41, 5.74) is 0.173. The van der Waals surface area contributed by atoms with Gasteiger partial charge in [-0.2, -0.15) is 0 Å². The third-order valence-corrected chi connectivity index (χ3v) is 6.55. The van der Waals surface area contributed by atoms with E-state index < -0.39 is 28.6 Å². The van der Waals surface area contributed by atoms with Gasteiger partial charge in [0.1, 0.15) is 22.5 Å². The summed E-state index contributed by atoms with van der Waals surface area (Å²) < 4.78 is 11.4. The van der Waals surface area contributed by atoms with E-state index in [4.69, 9.17) is 9.15 Å². The molecular weight excluding hydrogens is 478 g/mol. The van der Waals surface area contributed by atoms with Gasteiger partial charge >= 0.3 is 0 Å². The van der Waals surface area contributed by atoms with E-state index in [0.717, 1.165) is 0 Å². The minimum atomic E-state index is -0.939. The van der Waals surface area contributed by atoms with E-state index in [0.29, 0.717) is 37.4 Å². The number of aromatic hydroxyl groups is 4. The minimum Gasteiger partial charge on any atom is -0.508 e. The predicted octanol–water partition coefficient (Wildman–Crippen LogP) is 3.66. The molecule has 1 amide bonds. The zero-order valence-electron chi connectivity index (χ0n) is 19.8. The van der Waals surface area contributed by atoms with Crippen molar-refractivity contribution in [2.45, 2.75) is 12.3 Å². The summed E-state index contributed by atoms with van der Waals surface area (Å²) in [4.78, 5) is 28.1. The largest absolute Gasteiger partial charge is 0.508 e. The molecule has 0 unspecified atom stereocenters. The van der Waals surface area contributed by atoms with Gasteiger partial charge in [0.05, 0.1) is 13.2 Å². The van der Waals surface area contributed by atoms with Crippen molar-refractivity contribution in [2.75, 3.05) is 26.3 Å². The zero-order chi connectivity index (χ0) is 26.1. The van der Waals surface area contributed by atoms with E-state index >= 15 is 0 Å². The number of amides is 1. The monoisotopic (exact) mass is 503 g/mol. The molecule has 3 aromatic carbocycles. The maximum atomic E-state index is 13.3. The lowest BCUT2D eigenvalue weighted by Crippen LogP contribution is -2.41. The lowest BCUT2D eigenvalue weighted by Gasteiger charge is -2.29. The first kappa shape index (κ1) is 24.2. The second kappa shape index (κ2) is 9.87. The topological polar surface area (TPSA) is 141 Å². The number of ether oxygens (including phenoxy) is 1. The van der Waals surface area contributed by atoms with Gasteiger partial charge in [-0.25, -0.2) is 0 Å². The van der Waals surface area contributed by atoms with Crippen molar-refractivity contribution in [3.63, 3.8) is 0 Å². The molecule has 9 heteroatoms. The highest BCUT2D eigenvalue weighted by Gasteiger charge is 2.32. The Morgan fingerprint density at radius 1 is 0.892 bits per heavy atom. The van der Waals surface area contributed by atoms with E-state index in [1.807, 2.05) is 0 Å². The quantitative estimate of drug-likeness (QED) is 0.303. The number of rotatable bonds is 5. The number of phenols is 4. The van der Waals surface area contributed by atoms with Crippen molar-refractivity contribution in [3.05, 3.63) is 82.0 Å². The van der Waals surface area contributed by atoms with Gasteiger partial charge in [-0.05, 0) is 17.7 Å². The summed E-state index contributed by atoms with van der Waals surface area (Å²) in [6.07, 6.45) is -0.171. The predicted molar refractivity (Wildman–Crippen MR) is 135 cm³/mol. The van der Waals surface area contributed by atoms with Crippen molar-refractivity contribution in [3.8, 4) is 34.3 Å². The molecule has 0 spiro atoms. The smallest absolute Gasteiger partial charge is 0.223 e. The first-order valence-corrected chi connectivity index (χ1v) is 11.8. The molecule has 0 aliphatic carbocycles. The van der Waals surface area contributed by atoms with Crippen LogP contribution in [0.1, 0.15) is 23.5 Å². The molecule has 4 aromatic rings. The van der Waals surface area contributed by atoms with E-state index in [-0.39, 0.29) is 40.4 Å². The standard InChI is InChI=1S/C28H25NO8/c30-18-8-4-7-17(13-18)19(14-22(32)29-9-11-36-12-10-29)23-25(33)27(35)26(34)24-20(31)15-21(37-28(23)24)16-5-2-1-3-6-16/h1-8,13,15,19,30,33-35H,9-12,14H2/t19-/m0/s1. The Hall–Kier alpha value is -4.50. The number of phenolic OH excluding ortho intramolecular Hbond substituents is 4. The maximum absolute atomic E-state index is 13.3. The van der Waals surface area contributed by atoms with Crippen molar-refractivity contribution in [1.29, 1.82) is 0 Å². The molecule has 1 aliphatic rings. The van der Waals surface area contributed by atoms with Gasteiger partial charge in [0.15, 0.2) is 16.9 Å². The molecule has 190 valence electrons. The highest BCUT2D eigenvalue weighted by molar-refractivity contribution is 5.94. The number of hydrogen-bond donors (Lipinski definition) is 4. The average Bonchev–Trinajstić information content (AvgIpc) is 2.92. The van der Waals surface area contributed by atoms with Gasteiger partial charge in [0.25, 0.3) is 0 Å². The minimum absolute atomic E-state index is 0.0487. The Balaban J connectivity index is 1.76. The highest BCUT2D eigenvalue weighted by Crippen LogP contribution is 2.49. The van der Waals surface area contributed by atoms with Crippen LogP contribution in [0.2, 0.25) is 0 Å². The summed E-state index contributed by atoms with van der Waals surface area (Å²) in [7, 11) is 0. The Kier molecular flexibility index (Phi) is 6.45. The second-order valence-corrected chi connectivity index (χ2v) is 8.85. The molecule has 5 rings (SSSR count). The summed E-state index contributed by atoms with van der Waals surface area (Å²) in [6.45, 7) is 1.58. The summed E-state index contributed by atoms with van der Waals surface area (Å²) in [5.74, 6) is -3.52. The zero-order valence-corrected chi connectivity index (χ0v) is 19.8. The van der Waals surface area contributed by atoms with Crippen molar-refractivity contribution in [1.82, 2.24) is 4.90 Å². The Bertz CT molecular complexity index is 1520. The highest BCUT2D eigenvalue weighted by atomic mass is 16.5. The molecule has 1 atom stereocenters. The van der Waals surface area contributed by atoms with Crippen LogP contribution in [0.4, 0.5) is 0 Å². The molecule has 1 aromatic heterocycles. The number of nitrogens with zero attached hydrogens (tertiary/aromatic N) is 1. The van der Waals surface area contributed by atoms with Gasteiger partial charge in [-0.3, -0.25) is 9.59 Å². The van der Waals surface area contributed by atoms with Crippen LogP contribution in [0.5, 0.6) is 23.0 Å². The molecule has 1 saturated heterocycles. The number of carbonyl (C=O) groups excluding carboxylic acids is 1. The Morgan fingerprint density at radius 3 is 2.32 bits per heavy atom. The fourth-order valence-corrected chi connectivity index (χ4v) is 4.69. The van der Waals surface area contributed by atoms with Crippen molar-refractivity contribution >= 4 is 16.9 Å². The Labute approximate surface area is 211 Å². The third-order valence-electron chi connectivity index (χ3n) is 6.55. The summed E-state index contributed by atoms with van der Waals surface area (Å²) in [6, 6.07) is 16.1. The second-order valence-electron chi connectivity index (χ2n) is 8.85. The molecule has 1 aliphatic heterocycles. The molecular formula is C28H25NO8. The van der Waals surface area contributed by atoms with E-state index in [2.05, 4.69) is 0 Å². The first-order valence-electron chi connectivity index (χ1n) is 11.8. The average molecular weight is 504 g/mol. The van der Waals surface area contributed by atoms with Crippen LogP contribution in [-0.4, -0.2) is 57.5 Å². The van der Waals surface area contributed by atoms with Gasteiger partial charge in [0, 0.05) is 42.6 Å². The maximum Gasteiger partial charge on any atom is 0.223 e. The SMILES string of the molecule is O=C(C[C@@H](c1cccc(O)c1)c1c(O)c(O)c(O)c2c(=O)cc(-c3ccccc3)oc12)N1CCOCC1. The molecule has 4 N–H and O–H groups in total. The van der Waals surface area contributed by atoms with E-state index in [1.165, 1.54) is 18.2 Å². The molecule has 2 heterocycles. The fourth-order valence-electron chi connectivity index (χ4n) is 4.69. The van der Waals surface area contributed by atoms with Crippen LogP contribution in [0, 0.1) is 0 Å². The number of hydrogen-bond acceptors (Lipinski definition) is 8. The van der Waals surface area contributed by atoms with Gasteiger partial charge in [-0.15, -0.1) is 0 Å². The molecule has 37 heavy (non-hydrogen) atoms. The van der Waals surface area contributed by atoms with Crippen molar-refractivity contribution < 1.29 is 34.4 Å². The number of carbonyl (C=O) groups is 1. The van der Waals surface area contributed by atoms with E-state index in [1.54, 1.807) is 47.4 Å². The van der Waals surface area contributed by atoms with Gasteiger partial charge in [0.2, 0.25) is 11.7 Å². The van der Waals surface area contributed by atoms with Crippen LogP contribution in [-0.2, 0) is 9.53 Å². The van der Waals surface area contributed by atoms with Gasteiger partial charge < -0.3 is 34.5 Å². The Morgan fingerprint density at radius 2 is 1.62 bits per heavy atom.